The minimum absolute atomic E-state index is 0.0173. The number of fused-ring (bicyclic) bond motifs is 3. The summed E-state index contributed by atoms with van der Waals surface area (Å²) < 4.78 is 0.773. The number of hydrogen-bond acceptors (Lipinski definition) is 9. The van der Waals surface area contributed by atoms with Crippen LogP contribution in [0.3, 0.4) is 0 Å². The van der Waals surface area contributed by atoms with Crippen LogP contribution in [0.1, 0.15) is 30.2 Å². The van der Waals surface area contributed by atoms with E-state index in [4.69, 9.17) is 10.7 Å². The highest BCUT2D eigenvalue weighted by Crippen LogP contribution is 2.35. The molecule has 6 rings (SSSR count). The Hall–Kier alpha value is -4.44. The molecule has 0 unspecified atom stereocenters. The lowest BCUT2D eigenvalue weighted by Gasteiger charge is -2.38. The first kappa shape index (κ1) is 24.9. The summed E-state index contributed by atoms with van der Waals surface area (Å²) in [6.45, 7) is 8.90. The second-order valence-electron chi connectivity index (χ2n) is 9.41. The molecule has 9 nitrogen and oxygen atoms in total. The molecule has 3 aromatic heterocycles. The number of rotatable bonds is 7. The first-order valence-corrected chi connectivity index (χ1v) is 14.0. The lowest BCUT2D eigenvalue weighted by atomic mass is 10.1. The molecule has 39 heavy (non-hydrogen) atoms. The highest BCUT2D eigenvalue weighted by atomic mass is 32.1. The number of nitrogens with zero attached hydrogens (tertiary/aromatic N) is 5. The quantitative estimate of drug-likeness (QED) is 0.254. The minimum atomic E-state index is -0.452. The average Bonchev–Trinajstić information content (AvgIpc) is 3.44. The van der Waals surface area contributed by atoms with Gasteiger partial charge in [0.05, 0.1) is 33.8 Å². The molecular weight excluding hydrogens is 508 g/mol. The van der Waals surface area contributed by atoms with Crippen molar-refractivity contribution in [2.24, 2.45) is 0 Å². The molecule has 1 aliphatic heterocycles. The Labute approximate surface area is 230 Å². The third-order valence-corrected chi connectivity index (χ3v) is 8.04. The number of carbonyl (C=O) groups is 1. The molecule has 5 aromatic rings. The van der Waals surface area contributed by atoms with Crippen LogP contribution in [0, 0.1) is 0 Å². The molecule has 10 heteroatoms. The fourth-order valence-electron chi connectivity index (χ4n) is 5.11. The molecule has 198 valence electrons. The molecule has 0 spiro atoms. The van der Waals surface area contributed by atoms with E-state index in [0.29, 0.717) is 23.7 Å². The van der Waals surface area contributed by atoms with Crippen LogP contribution >= 0.6 is 11.3 Å². The van der Waals surface area contributed by atoms with Gasteiger partial charge in [-0.2, -0.15) is 0 Å². The number of amides is 1. The first-order chi connectivity index (χ1) is 19.0. The third kappa shape index (κ3) is 4.79. The number of nitrogen functional groups attached to an aromatic ring is 1. The molecule has 1 amide bonds. The Bertz CT molecular complexity index is 1680. The van der Waals surface area contributed by atoms with Gasteiger partial charge in [0.2, 0.25) is 5.82 Å². The zero-order chi connectivity index (χ0) is 26.9. The molecule has 0 fully saturated rings. The van der Waals surface area contributed by atoms with Crippen molar-refractivity contribution in [3.8, 4) is 0 Å². The van der Waals surface area contributed by atoms with Crippen molar-refractivity contribution in [3.63, 3.8) is 0 Å². The summed E-state index contributed by atoms with van der Waals surface area (Å²) >= 11 is 1.45. The zero-order valence-corrected chi connectivity index (χ0v) is 22.8. The summed E-state index contributed by atoms with van der Waals surface area (Å²) in [6, 6.07) is 18.3. The standard InChI is InChI=1S/C29H30N8OS/c1-3-36-12-13-37(4-2)24-16-19(9-10-23(24)36)31-17-22-20-8-6-5-7-18(20)15-25(32-22)34-29(38)28-33-21-11-14-39-26(21)27(30)35-28/h5-11,14-16,31H,3-4,12-13,17H2,1-2H3,(H2,30,33,35)(H,32,34,38). The fourth-order valence-corrected chi connectivity index (χ4v) is 5.84. The number of thiophene rings is 1. The molecule has 0 atom stereocenters. The minimum Gasteiger partial charge on any atom is -0.382 e. The van der Waals surface area contributed by atoms with E-state index in [1.807, 2.05) is 41.8 Å². The molecule has 0 aliphatic carbocycles. The number of hydrogen-bond donors (Lipinski definition) is 3. The second kappa shape index (κ2) is 10.4. The van der Waals surface area contributed by atoms with E-state index in [2.05, 4.69) is 62.4 Å². The maximum Gasteiger partial charge on any atom is 0.294 e. The highest BCUT2D eigenvalue weighted by Gasteiger charge is 2.21. The van der Waals surface area contributed by atoms with Gasteiger partial charge in [-0.1, -0.05) is 24.3 Å². The fraction of sp³-hybridized carbons (Fsp3) is 0.241. The van der Waals surface area contributed by atoms with E-state index in [9.17, 15) is 4.79 Å². The number of benzene rings is 2. The smallest absolute Gasteiger partial charge is 0.294 e. The van der Waals surface area contributed by atoms with Gasteiger partial charge < -0.3 is 26.2 Å². The van der Waals surface area contributed by atoms with Gasteiger partial charge in [0.1, 0.15) is 11.6 Å². The second-order valence-corrected chi connectivity index (χ2v) is 10.3. The van der Waals surface area contributed by atoms with Crippen LogP contribution < -0.4 is 26.2 Å². The van der Waals surface area contributed by atoms with E-state index >= 15 is 0 Å². The van der Waals surface area contributed by atoms with Crippen LogP contribution in [-0.4, -0.2) is 47.0 Å². The van der Waals surface area contributed by atoms with Crippen molar-refractivity contribution in [3.05, 3.63) is 71.5 Å². The molecule has 2 aromatic carbocycles. The lowest BCUT2D eigenvalue weighted by molar-refractivity contribution is 0.101. The van der Waals surface area contributed by atoms with Crippen LogP contribution in [0.25, 0.3) is 21.0 Å². The predicted octanol–water partition coefficient (Wildman–Crippen LogP) is 5.35. The number of nitrogens with two attached hydrogens (primary N) is 1. The number of carbonyl (C=O) groups excluding carboxylic acids is 1. The van der Waals surface area contributed by atoms with Crippen molar-refractivity contribution in [1.82, 2.24) is 15.0 Å². The Morgan fingerprint density at radius 2 is 1.77 bits per heavy atom. The number of aromatic nitrogens is 3. The van der Waals surface area contributed by atoms with Crippen molar-refractivity contribution in [2.75, 3.05) is 52.3 Å². The topological polar surface area (TPSA) is 112 Å². The molecule has 0 radical (unpaired) electrons. The Morgan fingerprint density at radius 1 is 0.974 bits per heavy atom. The summed E-state index contributed by atoms with van der Waals surface area (Å²) in [6.07, 6.45) is 0. The van der Waals surface area contributed by atoms with Crippen LogP contribution in [0.15, 0.2) is 60.0 Å². The molecule has 0 saturated carbocycles. The largest absolute Gasteiger partial charge is 0.382 e. The van der Waals surface area contributed by atoms with Gasteiger partial charge in [0, 0.05) is 37.3 Å². The number of anilines is 5. The third-order valence-electron chi connectivity index (χ3n) is 7.11. The number of nitrogens with one attached hydrogen (secondary N) is 2. The van der Waals surface area contributed by atoms with Crippen molar-refractivity contribution in [2.45, 2.75) is 20.4 Å². The Kier molecular flexibility index (Phi) is 6.62. The molecule has 0 bridgehead atoms. The van der Waals surface area contributed by atoms with Crippen molar-refractivity contribution >= 4 is 66.9 Å². The summed E-state index contributed by atoms with van der Waals surface area (Å²) in [7, 11) is 0. The zero-order valence-electron chi connectivity index (χ0n) is 21.9. The van der Waals surface area contributed by atoms with Gasteiger partial charge in [0.25, 0.3) is 5.91 Å². The molecular formula is C29H30N8OS. The molecule has 4 heterocycles. The van der Waals surface area contributed by atoms with Crippen LogP contribution in [0.2, 0.25) is 0 Å². The summed E-state index contributed by atoms with van der Waals surface area (Å²) in [5, 5.41) is 10.3. The van der Waals surface area contributed by atoms with Crippen LogP contribution in [-0.2, 0) is 6.54 Å². The summed E-state index contributed by atoms with van der Waals surface area (Å²) in [4.78, 5) is 31.3. The summed E-state index contributed by atoms with van der Waals surface area (Å²) in [5.74, 6) is 0.296. The number of likely N-dealkylation sites (N-methyl/N-ethyl adjacent to an activating group) is 2. The van der Waals surface area contributed by atoms with Gasteiger partial charge in [-0.3, -0.25) is 4.79 Å². The van der Waals surface area contributed by atoms with Crippen LogP contribution in [0.5, 0.6) is 0 Å². The molecule has 4 N–H and O–H groups in total. The van der Waals surface area contributed by atoms with E-state index < -0.39 is 5.91 Å². The number of pyridine rings is 1. The molecule has 0 saturated heterocycles. The van der Waals surface area contributed by atoms with E-state index in [1.165, 1.54) is 22.7 Å². The van der Waals surface area contributed by atoms with Crippen molar-refractivity contribution < 1.29 is 4.79 Å². The SMILES string of the molecule is CCN1CCN(CC)c2cc(NCc3nc(NC(=O)c4nc(N)c5sccc5n4)cc4ccccc34)ccc21. The average molecular weight is 539 g/mol. The lowest BCUT2D eigenvalue weighted by Crippen LogP contribution is -2.40. The van der Waals surface area contributed by atoms with E-state index in [0.717, 1.165) is 53.0 Å². The van der Waals surface area contributed by atoms with E-state index in [1.54, 1.807) is 0 Å². The Morgan fingerprint density at radius 3 is 2.59 bits per heavy atom. The maximum atomic E-state index is 13.1. The van der Waals surface area contributed by atoms with Gasteiger partial charge in [0.15, 0.2) is 0 Å². The van der Waals surface area contributed by atoms with E-state index in [-0.39, 0.29) is 5.82 Å². The normalized spacial score (nSPS) is 13.1. The molecule has 1 aliphatic rings. The maximum absolute atomic E-state index is 13.1. The van der Waals surface area contributed by atoms with Gasteiger partial charge >= 0.3 is 0 Å². The van der Waals surface area contributed by atoms with Gasteiger partial charge in [-0.15, -0.1) is 11.3 Å². The van der Waals surface area contributed by atoms with Crippen LogP contribution in [0.4, 0.5) is 28.7 Å². The van der Waals surface area contributed by atoms with Gasteiger partial charge in [-0.05, 0) is 54.9 Å². The predicted molar refractivity (Wildman–Crippen MR) is 161 cm³/mol. The summed E-state index contributed by atoms with van der Waals surface area (Å²) in [5.41, 5.74) is 11.1. The van der Waals surface area contributed by atoms with Crippen molar-refractivity contribution in [1.29, 1.82) is 0 Å². The highest BCUT2D eigenvalue weighted by molar-refractivity contribution is 7.17. The first-order valence-electron chi connectivity index (χ1n) is 13.1. The Balaban J connectivity index is 1.27. The van der Waals surface area contributed by atoms with Gasteiger partial charge in [-0.25, -0.2) is 15.0 Å². The monoisotopic (exact) mass is 538 g/mol.